The number of nitrogens with one attached hydrogen (secondary N) is 2. The predicted molar refractivity (Wildman–Crippen MR) is 172 cm³/mol. The number of benzene rings is 1. The number of nitrogens with two attached hydrogens (primary N) is 1. The van der Waals surface area contributed by atoms with Crippen LogP contribution in [0.4, 0.5) is 11.8 Å². The molecule has 1 amide bonds. The maximum Gasteiger partial charge on any atom is 0.232 e. The summed E-state index contributed by atoms with van der Waals surface area (Å²) in [5, 5.41) is 7.31. The maximum atomic E-state index is 12.8. The van der Waals surface area contributed by atoms with E-state index < -0.39 is 0 Å². The average molecular weight is 622 g/mol. The molecule has 4 N–H and O–H groups in total. The molecule has 1 saturated heterocycles. The Bertz CT molecular complexity index is 1260. The number of likely N-dealkylation sites (tertiary alicyclic amines) is 1. The van der Waals surface area contributed by atoms with Crippen LogP contribution in [-0.2, 0) is 4.79 Å². The molecule has 0 unspecified atom stereocenters. The molecule has 3 aliphatic rings. The standard InChI is InChI=1S/C29H40N8OS.2ClH/c30-20-10-12-21(13-11-20)33-29-34-27(26-28(35-29)37(19-31-26)23-6-4-5-7-23)32-22-14-16-36(17-15-22)25(38)18-39-24-8-2-1-3-9-24;;/h1-3,8-9,19-23H,4-7,10-18,30H2,(H2,32,33,34,35);2*1H/t20-,21-;;. The Kier molecular flexibility index (Phi) is 11.4. The molecule has 0 bridgehead atoms. The summed E-state index contributed by atoms with van der Waals surface area (Å²) in [5.74, 6) is 2.17. The third-order valence-corrected chi connectivity index (χ3v) is 9.54. The van der Waals surface area contributed by atoms with Crippen molar-refractivity contribution in [1.29, 1.82) is 0 Å². The van der Waals surface area contributed by atoms with Gasteiger partial charge in [0.2, 0.25) is 11.9 Å². The first-order valence-corrected chi connectivity index (χ1v) is 15.6. The number of piperidine rings is 1. The van der Waals surface area contributed by atoms with E-state index in [0.717, 1.165) is 73.5 Å². The Balaban J connectivity index is 0.00000194. The fraction of sp³-hybridized carbons (Fsp3) is 0.586. The van der Waals surface area contributed by atoms with Crippen LogP contribution in [0.1, 0.15) is 70.3 Å². The first-order valence-electron chi connectivity index (χ1n) is 14.6. The minimum atomic E-state index is 0. The second-order valence-corrected chi connectivity index (χ2v) is 12.4. The fourth-order valence-electron chi connectivity index (χ4n) is 6.20. The number of amides is 1. The van der Waals surface area contributed by atoms with Crippen LogP contribution < -0.4 is 16.4 Å². The predicted octanol–water partition coefficient (Wildman–Crippen LogP) is 5.66. The lowest BCUT2D eigenvalue weighted by molar-refractivity contribution is -0.129. The van der Waals surface area contributed by atoms with Gasteiger partial charge in [0.1, 0.15) is 0 Å². The van der Waals surface area contributed by atoms with Gasteiger partial charge >= 0.3 is 0 Å². The van der Waals surface area contributed by atoms with Gasteiger partial charge in [-0.15, -0.1) is 36.6 Å². The van der Waals surface area contributed by atoms with Crippen molar-refractivity contribution in [1.82, 2.24) is 24.4 Å². The normalized spacial score (nSPS) is 21.7. The quantitative estimate of drug-likeness (QED) is 0.276. The van der Waals surface area contributed by atoms with Crippen LogP contribution in [0, 0.1) is 0 Å². The molecule has 3 heterocycles. The molecule has 0 radical (unpaired) electrons. The number of carbonyl (C=O) groups is 1. The number of nitrogens with zero attached hydrogens (tertiary/aromatic N) is 5. The third kappa shape index (κ3) is 7.77. The van der Waals surface area contributed by atoms with E-state index in [1.807, 2.05) is 29.4 Å². The molecule has 9 nitrogen and oxygen atoms in total. The molecular weight excluding hydrogens is 579 g/mol. The lowest BCUT2D eigenvalue weighted by Crippen LogP contribution is -2.43. The Morgan fingerprint density at radius 1 is 0.902 bits per heavy atom. The number of hydrogen-bond donors (Lipinski definition) is 3. The molecule has 0 atom stereocenters. The monoisotopic (exact) mass is 620 g/mol. The summed E-state index contributed by atoms with van der Waals surface area (Å²) in [6.07, 6.45) is 12.8. The van der Waals surface area contributed by atoms with Crippen molar-refractivity contribution in [3.63, 3.8) is 0 Å². The second kappa shape index (κ2) is 14.8. The summed E-state index contributed by atoms with van der Waals surface area (Å²) in [7, 11) is 0. The van der Waals surface area contributed by atoms with Crippen molar-refractivity contribution >= 4 is 65.4 Å². The van der Waals surface area contributed by atoms with E-state index in [1.165, 1.54) is 25.7 Å². The van der Waals surface area contributed by atoms with Crippen LogP contribution in [0.2, 0.25) is 0 Å². The summed E-state index contributed by atoms with van der Waals surface area (Å²) >= 11 is 1.61. The summed E-state index contributed by atoms with van der Waals surface area (Å²) in [5.41, 5.74) is 7.89. The van der Waals surface area contributed by atoms with E-state index in [0.29, 0.717) is 29.8 Å². The molecule has 41 heavy (non-hydrogen) atoms. The highest BCUT2D eigenvalue weighted by Crippen LogP contribution is 2.34. The van der Waals surface area contributed by atoms with Crippen LogP contribution in [-0.4, -0.2) is 67.3 Å². The first-order chi connectivity index (χ1) is 19.1. The molecule has 0 spiro atoms. The van der Waals surface area contributed by atoms with Gasteiger partial charge < -0.3 is 25.8 Å². The lowest BCUT2D eigenvalue weighted by Gasteiger charge is -2.33. The van der Waals surface area contributed by atoms with E-state index in [-0.39, 0.29) is 36.8 Å². The van der Waals surface area contributed by atoms with Gasteiger partial charge in [-0.05, 0) is 63.5 Å². The third-order valence-electron chi connectivity index (χ3n) is 8.54. The van der Waals surface area contributed by atoms with Gasteiger partial charge in [-0.2, -0.15) is 9.97 Å². The number of imidazole rings is 1. The van der Waals surface area contributed by atoms with Gasteiger partial charge in [0, 0.05) is 42.2 Å². The molecule has 3 aromatic rings. The fourth-order valence-corrected chi connectivity index (χ4v) is 7.02. The number of anilines is 2. The van der Waals surface area contributed by atoms with Crippen LogP contribution in [0.3, 0.4) is 0 Å². The molecule has 1 aliphatic heterocycles. The number of aromatic nitrogens is 4. The molecule has 3 fully saturated rings. The number of rotatable bonds is 8. The molecule has 2 aliphatic carbocycles. The van der Waals surface area contributed by atoms with E-state index in [9.17, 15) is 4.79 Å². The topological polar surface area (TPSA) is 114 Å². The van der Waals surface area contributed by atoms with Crippen molar-refractivity contribution in [3.05, 3.63) is 36.7 Å². The van der Waals surface area contributed by atoms with Crippen LogP contribution in [0.5, 0.6) is 0 Å². The highest BCUT2D eigenvalue weighted by atomic mass is 35.5. The summed E-state index contributed by atoms with van der Waals surface area (Å²) in [6, 6.07) is 11.5. The molecule has 2 saturated carbocycles. The van der Waals surface area contributed by atoms with Gasteiger partial charge in [0.25, 0.3) is 0 Å². The average Bonchev–Trinajstić information content (AvgIpc) is 3.64. The number of hydrogen-bond acceptors (Lipinski definition) is 8. The molecule has 12 heteroatoms. The minimum absolute atomic E-state index is 0. The summed E-state index contributed by atoms with van der Waals surface area (Å²) in [6.45, 7) is 1.51. The smallest absolute Gasteiger partial charge is 0.232 e. The molecule has 1 aromatic carbocycles. The highest BCUT2D eigenvalue weighted by Gasteiger charge is 2.27. The number of thioether (sulfide) groups is 1. The number of fused-ring (bicyclic) bond motifs is 1. The Morgan fingerprint density at radius 3 is 2.29 bits per heavy atom. The Morgan fingerprint density at radius 2 is 1.59 bits per heavy atom. The van der Waals surface area contributed by atoms with E-state index >= 15 is 0 Å². The minimum Gasteiger partial charge on any atom is -0.365 e. The highest BCUT2D eigenvalue weighted by molar-refractivity contribution is 8.00. The lowest BCUT2D eigenvalue weighted by atomic mass is 9.92. The molecule has 2 aromatic heterocycles. The number of carbonyl (C=O) groups excluding carboxylic acids is 1. The van der Waals surface area contributed by atoms with E-state index in [1.54, 1.807) is 11.8 Å². The van der Waals surface area contributed by atoms with Crippen molar-refractivity contribution < 1.29 is 4.79 Å². The summed E-state index contributed by atoms with van der Waals surface area (Å²) < 4.78 is 2.27. The van der Waals surface area contributed by atoms with E-state index in [2.05, 4.69) is 27.3 Å². The largest absolute Gasteiger partial charge is 0.365 e. The van der Waals surface area contributed by atoms with Crippen molar-refractivity contribution in [2.75, 3.05) is 29.5 Å². The second-order valence-electron chi connectivity index (χ2n) is 11.3. The van der Waals surface area contributed by atoms with Crippen LogP contribution in [0.25, 0.3) is 11.2 Å². The van der Waals surface area contributed by atoms with E-state index in [4.69, 9.17) is 20.7 Å². The molecule has 224 valence electrons. The van der Waals surface area contributed by atoms with Gasteiger partial charge in [-0.3, -0.25) is 4.79 Å². The van der Waals surface area contributed by atoms with Crippen molar-refractivity contribution in [2.45, 2.75) is 93.3 Å². The van der Waals surface area contributed by atoms with Crippen molar-refractivity contribution in [2.24, 2.45) is 5.73 Å². The Hall–Kier alpha value is -2.27. The first kappa shape index (κ1) is 31.7. The SMILES string of the molecule is Cl.Cl.N[C@H]1CC[C@H](Nc2nc(NC3CCN(C(=O)CSc4ccccc4)CC3)c3ncn(C4CCCC4)c3n2)CC1. The number of halogens is 2. The van der Waals surface area contributed by atoms with Gasteiger partial charge in [0.15, 0.2) is 17.0 Å². The molecular formula is C29H42Cl2N8OS. The maximum absolute atomic E-state index is 12.8. The Labute approximate surface area is 259 Å². The van der Waals surface area contributed by atoms with Crippen molar-refractivity contribution in [3.8, 4) is 0 Å². The zero-order valence-corrected chi connectivity index (χ0v) is 25.9. The summed E-state index contributed by atoms with van der Waals surface area (Å²) in [4.78, 5) is 30.7. The molecule has 6 rings (SSSR count). The van der Waals surface area contributed by atoms with Gasteiger partial charge in [-0.25, -0.2) is 4.98 Å². The van der Waals surface area contributed by atoms with Crippen LogP contribution in [0.15, 0.2) is 41.6 Å². The van der Waals surface area contributed by atoms with Gasteiger partial charge in [0.05, 0.1) is 12.1 Å². The van der Waals surface area contributed by atoms with Crippen LogP contribution >= 0.6 is 36.6 Å². The van der Waals surface area contributed by atoms with Gasteiger partial charge in [-0.1, -0.05) is 31.0 Å². The zero-order chi connectivity index (χ0) is 26.6. The zero-order valence-electron chi connectivity index (χ0n) is 23.4.